The van der Waals surface area contributed by atoms with Gasteiger partial charge in [0.25, 0.3) is 0 Å². The predicted octanol–water partition coefficient (Wildman–Crippen LogP) is 5.14. The first kappa shape index (κ1) is 20.6. The van der Waals surface area contributed by atoms with Crippen molar-refractivity contribution in [2.24, 2.45) is 15.9 Å². The van der Waals surface area contributed by atoms with Crippen LogP contribution in [0.1, 0.15) is 21.5 Å². The summed E-state index contributed by atoms with van der Waals surface area (Å²) in [5.74, 6) is 0.668. The monoisotopic (exact) mass is 423 g/mol. The minimum Gasteiger partial charge on any atom is -0.423 e. The highest BCUT2D eigenvalue weighted by molar-refractivity contribution is 8.13. The van der Waals surface area contributed by atoms with Crippen LogP contribution in [0.5, 0.6) is 5.75 Å². The van der Waals surface area contributed by atoms with Crippen LogP contribution in [-0.4, -0.2) is 17.4 Å². The van der Waals surface area contributed by atoms with Gasteiger partial charge in [-0.25, -0.2) is 4.79 Å². The van der Waals surface area contributed by atoms with Crippen LogP contribution >= 0.6 is 23.4 Å². The maximum absolute atomic E-state index is 12.2. The highest BCUT2D eigenvalue weighted by Gasteiger charge is 2.08. The van der Waals surface area contributed by atoms with Gasteiger partial charge in [0.2, 0.25) is 0 Å². The third kappa shape index (κ3) is 6.78. The number of halogens is 1. The van der Waals surface area contributed by atoms with Crippen LogP contribution in [0.15, 0.2) is 89.1 Å². The van der Waals surface area contributed by atoms with Crippen molar-refractivity contribution in [1.82, 2.24) is 0 Å². The number of ether oxygens (including phenoxy) is 1. The highest BCUT2D eigenvalue weighted by atomic mass is 35.5. The molecule has 0 unspecified atom stereocenters. The molecule has 0 aliphatic heterocycles. The zero-order chi connectivity index (χ0) is 20.5. The van der Waals surface area contributed by atoms with Crippen LogP contribution < -0.4 is 10.5 Å². The summed E-state index contributed by atoms with van der Waals surface area (Å²) < 4.78 is 5.39. The van der Waals surface area contributed by atoms with Crippen molar-refractivity contribution in [2.75, 3.05) is 0 Å². The standard InChI is InChI=1S/C22H18ClN3O2S/c23-19-11-9-18(10-12-19)21(27)28-20-8-4-7-17(13-20)14-25-26-22(24)29-15-16-5-2-1-3-6-16/h1-14H,15H2,(H2,24,26). The number of thioether (sulfide) groups is 1. The van der Waals surface area contributed by atoms with E-state index in [2.05, 4.69) is 10.2 Å². The van der Waals surface area contributed by atoms with Gasteiger partial charge < -0.3 is 10.5 Å². The van der Waals surface area contributed by atoms with E-state index in [9.17, 15) is 4.79 Å². The number of esters is 1. The zero-order valence-corrected chi connectivity index (χ0v) is 16.9. The first-order chi connectivity index (χ1) is 14.1. The van der Waals surface area contributed by atoms with Gasteiger partial charge in [-0.1, -0.05) is 65.8 Å². The lowest BCUT2D eigenvalue weighted by Crippen LogP contribution is -2.08. The van der Waals surface area contributed by atoms with E-state index in [0.717, 1.165) is 16.9 Å². The van der Waals surface area contributed by atoms with Crippen molar-refractivity contribution in [1.29, 1.82) is 0 Å². The molecule has 0 saturated carbocycles. The van der Waals surface area contributed by atoms with Crippen LogP contribution in [0.4, 0.5) is 0 Å². The van der Waals surface area contributed by atoms with Crippen LogP contribution in [0.25, 0.3) is 0 Å². The second-order valence-corrected chi connectivity index (χ2v) is 7.36. The van der Waals surface area contributed by atoms with Crippen LogP contribution in [0, 0.1) is 0 Å². The Morgan fingerprint density at radius 2 is 1.79 bits per heavy atom. The molecule has 7 heteroatoms. The van der Waals surface area contributed by atoms with E-state index >= 15 is 0 Å². The largest absolute Gasteiger partial charge is 0.423 e. The number of carbonyl (C=O) groups excluding carboxylic acids is 1. The Bertz CT molecular complexity index is 1020. The fourth-order valence-electron chi connectivity index (χ4n) is 2.32. The Morgan fingerprint density at radius 3 is 2.55 bits per heavy atom. The first-order valence-corrected chi connectivity index (χ1v) is 10.1. The Hall–Kier alpha value is -3.09. The molecule has 0 bridgehead atoms. The molecule has 146 valence electrons. The normalized spacial score (nSPS) is 11.6. The molecule has 29 heavy (non-hydrogen) atoms. The molecule has 0 aromatic heterocycles. The molecule has 0 heterocycles. The molecule has 0 radical (unpaired) electrons. The summed E-state index contributed by atoms with van der Waals surface area (Å²) >= 11 is 7.24. The van der Waals surface area contributed by atoms with Gasteiger partial charge in [-0.05, 0) is 47.5 Å². The minimum atomic E-state index is -0.463. The molecule has 5 nitrogen and oxygen atoms in total. The van der Waals surface area contributed by atoms with Crippen molar-refractivity contribution >= 4 is 40.7 Å². The number of amidine groups is 1. The summed E-state index contributed by atoms with van der Waals surface area (Å²) in [5.41, 5.74) is 8.19. The van der Waals surface area contributed by atoms with E-state index in [4.69, 9.17) is 22.1 Å². The van der Waals surface area contributed by atoms with Gasteiger partial charge in [-0.15, -0.1) is 5.10 Å². The molecule has 3 rings (SSSR count). The number of hydrogen-bond acceptors (Lipinski definition) is 5. The number of nitrogens with two attached hydrogens (primary N) is 1. The highest BCUT2D eigenvalue weighted by Crippen LogP contribution is 2.16. The maximum Gasteiger partial charge on any atom is 0.343 e. The van der Waals surface area contributed by atoms with E-state index in [-0.39, 0.29) is 0 Å². The van der Waals surface area contributed by atoms with Gasteiger partial charge in [-0.2, -0.15) is 5.10 Å². The summed E-state index contributed by atoms with van der Waals surface area (Å²) in [7, 11) is 0. The summed E-state index contributed by atoms with van der Waals surface area (Å²) in [6.45, 7) is 0. The quantitative estimate of drug-likeness (QED) is 0.196. The smallest absolute Gasteiger partial charge is 0.343 e. The molecular weight excluding hydrogens is 406 g/mol. The van der Waals surface area contributed by atoms with E-state index < -0.39 is 5.97 Å². The Kier molecular flexibility index (Phi) is 7.44. The molecule has 0 atom stereocenters. The van der Waals surface area contributed by atoms with Gasteiger partial charge in [0, 0.05) is 10.8 Å². The van der Waals surface area contributed by atoms with E-state index in [0.29, 0.717) is 21.5 Å². The van der Waals surface area contributed by atoms with Gasteiger partial charge in [0.1, 0.15) is 5.75 Å². The summed E-state index contributed by atoms with van der Waals surface area (Å²) in [4.78, 5) is 12.2. The third-order valence-electron chi connectivity index (χ3n) is 3.74. The Morgan fingerprint density at radius 1 is 1.03 bits per heavy atom. The third-order valence-corrected chi connectivity index (χ3v) is 4.85. The van der Waals surface area contributed by atoms with E-state index in [1.54, 1.807) is 48.7 Å². The summed E-state index contributed by atoms with van der Waals surface area (Å²) in [5, 5.41) is 8.92. The maximum atomic E-state index is 12.2. The van der Waals surface area contributed by atoms with E-state index in [1.807, 2.05) is 36.4 Å². The second kappa shape index (κ2) is 10.5. The summed E-state index contributed by atoms with van der Waals surface area (Å²) in [6, 6.07) is 23.5. The SMILES string of the molecule is NC(=NN=Cc1cccc(OC(=O)c2ccc(Cl)cc2)c1)SCc1ccccc1. The zero-order valence-electron chi connectivity index (χ0n) is 15.4. The molecule has 2 N–H and O–H groups in total. The number of benzene rings is 3. The second-order valence-electron chi connectivity index (χ2n) is 5.93. The lowest BCUT2D eigenvalue weighted by molar-refractivity contribution is 0.0735. The van der Waals surface area contributed by atoms with Gasteiger partial charge in [0.05, 0.1) is 11.8 Å². The van der Waals surface area contributed by atoms with Crippen molar-refractivity contribution in [3.05, 3.63) is 101 Å². The van der Waals surface area contributed by atoms with Gasteiger partial charge in [-0.3, -0.25) is 0 Å². The Labute approximate surface area is 178 Å². The van der Waals surface area contributed by atoms with E-state index in [1.165, 1.54) is 11.8 Å². The molecule has 3 aromatic rings. The van der Waals surface area contributed by atoms with Crippen molar-refractivity contribution in [3.63, 3.8) is 0 Å². The number of hydrogen-bond donors (Lipinski definition) is 1. The number of rotatable bonds is 6. The van der Waals surface area contributed by atoms with Gasteiger partial charge >= 0.3 is 5.97 Å². The van der Waals surface area contributed by atoms with Gasteiger partial charge in [0.15, 0.2) is 5.17 Å². The minimum absolute atomic E-state index is 0.371. The molecule has 0 fully saturated rings. The Balaban J connectivity index is 1.57. The van der Waals surface area contributed by atoms with Crippen molar-refractivity contribution < 1.29 is 9.53 Å². The summed E-state index contributed by atoms with van der Waals surface area (Å²) in [6.07, 6.45) is 1.55. The number of nitrogens with zero attached hydrogens (tertiary/aromatic N) is 2. The average molecular weight is 424 g/mol. The lowest BCUT2D eigenvalue weighted by Gasteiger charge is -2.05. The van der Waals surface area contributed by atoms with Crippen LogP contribution in [-0.2, 0) is 5.75 Å². The molecule has 0 aliphatic carbocycles. The number of carbonyl (C=O) groups is 1. The fraction of sp³-hybridized carbons (Fsp3) is 0.0455. The predicted molar refractivity (Wildman–Crippen MR) is 120 cm³/mol. The van der Waals surface area contributed by atoms with Crippen molar-refractivity contribution in [3.8, 4) is 5.75 Å². The molecular formula is C22H18ClN3O2S. The molecule has 0 amide bonds. The lowest BCUT2D eigenvalue weighted by atomic mass is 10.2. The fourth-order valence-corrected chi connectivity index (χ4v) is 3.06. The molecule has 3 aromatic carbocycles. The molecule has 0 saturated heterocycles. The molecule has 0 aliphatic rings. The topological polar surface area (TPSA) is 77.0 Å². The average Bonchev–Trinajstić information content (AvgIpc) is 2.74. The first-order valence-electron chi connectivity index (χ1n) is 8.71. The van der Waals surface area contributed by atoms with Crippen molar-refractivity contribution in [2.45, 2.75) is 5.75 Å². The molecule has 0 spiro atoms. The van der Waals surface area contributed by atoms with Crippen LogP contribution in [0.2, 0.25) is 5.02 Å². The van der Waals surface area contributed by atoms with Crippen LogP contribution in [0.3, 0.4) is 0 Å².